The van der Waals surface area contributed by atoms with Crippen LogP contribution < -0.4 is 4.74 Å². The van der Waals surface area contributed by atoms with Crippen LogP contribution in [0.2, 0.25) is 5.02 Å². The molecule has 0 atom stereocenters. The van der Waals surface area contributed by atoms with Crippen molar-refractivity contribution in [2.45, 2.75) is 18.9 Å². The monoisotopic (exact) mass is 294 g/mol. The number of benzene rings is 1. The van der Waals surface area contributed by atoms with Crippen molar-refractivity contribution < 1.29 is 4.74 Å². The summed E-state index contributed by atoms with van der Waals surface area (Å²) in [6.45, 7) is 0. The van der Waals surface area contributed by atoms with E-state index in [2.05, 4.69) is 22.6 Å². The van der Waals surface area contributed by atoms with Gasteiger partial charge in [0.25, 0.3) is 0 Å². The summed E-state index contributed by atoms with van der Waals surface area (Å²) in [7, 11) is 0. The normalized spacial score (nSPS) is 16.2. The van der Waals surface area contributed by atoms with Crippen LogP contribution >= 0.6 is 34.2 Å². The van der Waals surface area contributed by atoms with Gasteiger partial charge in [-0.25, -0.2) is 0 Å². The molecule has 0 aliphatic heterocycles. The van der Waals surface area contributed by atoms with Crippen molar-refractivity contribution >= 4 is 34.2 Å². The molecule has 0 heterocycles. The zero-order valence-corrected chi connectivity index (χ0v) is 9.30. The van der Waals surface area contributed by atoms with E-state index in [1.165, 1.54) is 12.8 Å². The van der Waals surface area contributed by atoms with Gasteiger partial charge in [0.15, 0.2) is 0 Å². The molecule has 1 aliphatic rings. The smallest absolute Gasteiger partial charge is 0.121 e. The summed E-state index contributed by atoms with van der Waals surface area (Å²) in [5.74, 6) is 0.892. The third-order valence-corrected chi connectivity index (χ3v) is 3.29. The first kappa shape index (κ1) is 8.63. The number of ether oxygens (including phenoxy) is 1. The van der Waals surface area contributed by atoms with Crippen LogP contribution in [0.4, 0.5) is 0 Å². The second-order valence-corrected chi connectivity index (χ2v) is 4.46. The molecule has 0 N–H and O–H groups in total. The van der Waals surface area contributed by atoms with Crippen LogP contribution in [0.3, 0.4) is 0 Å². The molecule has 12 heavy (non-hydrogen) atoms. The maximum atomic E-state index is 5.93. The largest absolute Gasteiger partial charge is 0.490 e. The van der Waals surface area contributed by atoms with Gasteiger partial charge in [0.05, 0.1) is 11.1 Å². The fraction of sp³-hybridized carbons (Fsp3) is 0.333. The second kappa shape index (κ2) is 3.42. The Bertz CT molecular complexity index is 297. The summed E-state index contributed by atoms with van der Waals surface area (Å²) in [4.78, 5) is 0. The van der Waals surface area contributed by atoms with Crippen molar-refractivity contribution in [2.75, 3.05) is 0 Å². The van der Waals surface area contributed by atoms with E-state index in [0.717, 1.165) is 14.3 Å². The Morgan fingerprint density at radius 1 is 1.42 bits per heavy atom. The molecule has 1 nitrogen and oxygen atoms in total. The van der Waals surface area contributed by atoms with Crippen LogP contribution in [0, 0.1) is 3.57 Å². The molecular formula is C9H8ClIO. The molecular weight excluding hydrogens is 286 g/mol. The molecule has 64 valence electrons. The quantitative estimate of drug-likeness (QED) is 0.759. The van der Waals surface area contributed by atoms with Gasteiger partial charge in [0.2, 0.25) is 0 Å². The van der Waals surface area contributed by atoms with E-state index >= 15 is 0 Å². The Morgan fingerprint density at radius 3 is 2.75 bits per heavy atom. The topological polar surface area (TPSA) is 9.23 Å². The lowest BCUT2D eigenvalue weighted by atomic mass is 10.3. The summed E-state index contributed by atoms with van der Waals surface area (Å²) in [6.07, 6.45) is 2.81. The highest BCUT2D eigenvalue weighted by atomic mass is 127. The number of rotatable bonds is 2. The molecule has 0 unspecified atom stereocenters. The van der Waals surface area contributed by atoms with Crippen LogP contribution in [-0.4, -0.2) is 6.10 Å². The highest BCUT2D eigenvalue weighted by Gasteiger charge is 2.23. The molecule has 2 rings (SSSR count). The van der Waals surface area contributed by atoms with Crippen LogP contribution in [0.5, 0.6) is 5.75 Å². The molecule has 0 bridgehead atoms. The number of hydrogen-bond acceptors (Lipinski definition) is 1. The zero-order valence-electron chi connectivity index (χ0n) is 6.39. The summed E-state index contributed by atoms with van der Waals surface area (Å²) in [6, 6.07) is 5.81. The van der Waals surface area contributed by atoms with Crippen LogP contribution in [0.15, 0.2) is 18.2 Å². The van der Waals surface area contributed by atoms with Crippen molar-refractivity contribution in [1.82, 2.24) is 0 Å². The summed E-state index contributed by atoms with van der Waals surface area (Å²) >= 11 is 8.13. The highest BCUT2D eigenvalue weighted by Crippen LogP contribution is 2.29. The van der Waals surface area contributed by atoms with Gasteiger partial charge in [0.1, 0.15) is 5.75 Å². The van der Waals surface area contributed by atoms with E-state index < -0.39 is 0 Å². The standard InChI is InChI=1S/C9H8ClIO/c10-8-5-7(3-4-9(8)11)12-6-1-2-6/h3-6H,1-2H2. The molecule has 0 amide bonds. The molecule has 3 heteroatoms. The van der Waals surface area contributed by atoms with Gasteiger partial charge in [-0.05, 0) is 53.6 Å². The van der Waals surface area contributed by atoms with Gasteiger partial charge >= 0.3 is 0 Å². The SMILES string of the molecule is Clc1cc(OC2CC2)ccc1I. The van der Waals surface area contributed by atoms with E-state index in [4.69, 9.17) is 16.3 Å². The minimum Gasteiger partial charge on any atom is -0.490 e. The fourth-order valence-electron chi connectivity index (χ4n) is 0.929. The van der Waals surface area contributed by atoms with Gasteiger partial charge in [-0.3, -0.25) is 0 Å². The molecule has 0 saturated heterocycles. The van der Waals surface area contributed by atoms with E-state index in [1.807, 2.05) is 18.2 Å². The van der Waals surface area contributed by atoms with Crippen molar-refractivity contribution in [3.63, 3.8) is 0 Å². The first-order valence-corrected chi connectivity index (χ1v) is 5.33. The lowest BCUT2D eigenvalue weighted by Crippen LogP contribution is -1.95. The molecule has 1 fully saturated rings. The van der Waals surface area contributed by atoms with Crippen LogP contribution in [-0.2, 0) is 0 Å². The second-order valence-electron chi connectivity index (χ2n) is 2.89. The predicted octanol–water partition coefficient (Wildman–Crippen LogP) is 3.49. The third-order valence-electron chi connectivity index (χ3n) is 1.72. The first-order valence-electron chi connectivity index (χ1n) is 3.87. The van der Waals surface area contributed by atoms with E-state index in [9.17, 15) is 0 Å². The third kappa shape index (κ3) is 2.04. The maximum absolute atomic E-state index is 5.93. The van der Waals surface area contributed by atoms with Crippen molar-refractivity contribution in [2.24, 2.45) is 0 Å². The molecule has 1 aromatic rings. The highest BCUT2D eigenvalue weighted by molar-refractivity contribution is 14.1. The summed E-state index contributed by atoms with van der Waals surface area (Å²) < 4.78 is 6.64. The predicted molar refractivity (Wildman–Crippen MR) is 57.8 cm³/mol. The summed E-state index contributed by atoms with van der Waals surface area (Å²) in [5.41, 5.74) is 0. The van der Waals surface area contributed by atoms with Gasteiger partial charge < -0.3 is 4.74 Å². The molecule has 0 radical (unpaired) electrons. The molecule has 1 aromatic carbocycles. The molecule has 1 saturated carbocycles. The summed E-state index contributed by atoms with van der Waals surface area (Å²) in [5, 5.41) is 0.772. The van der Waals surface area contributed by atoms with E-state index in [1.54, 1.807) is 0 Å². The maximum Gasteiger partial charge on any atom is 0.121 e. The van der Waals surface area contributed by atoms with Gasteiger partial charge in [0, 0.05) is 3.57 Å². The Kier molecular flexibility index (Phi) is 2.46. The Labute approximate surface area is 90.2 Å². The van der Waals surface area contributed by atoms with Gasteiger partial charge in [-0.15, -0.1) is 0 Å². The Morgan fingerprint density at radius 2 is 2.17 bits per heavy atom. The lowest BCUT2D eigenvalue weighted by Gasteiger charge is -2.04. The Hall–Kier alpha value is 0.0400. The van der Waals surface area contributed by atoms with E-state index in [-0.39, 0.29) is 0 Å². The minimum atomic E-state index is 0.445. The first-order chi connectivity index (χ1) is 5.75. The van der Waals surface area contributed by atoms with Gasteiger partial charge in [-0.2, -0.15) is 0 Å². The fourth-order valence-corrected chi connectivity index (χ4v) is 1.43. The van der Waals surface area contributed by atoms with Crippen molar-refractivity contribution in [3.05, 3.63) is 26.8 Å². The number of halogens is 2. The molecule has 0 aromatic heterocycles. The average molecular weight is 295 g/mol. The minimum absolute atomic E-state index is 0.445. The number of hydrogen-bond donors (Lipinski definition) is 0. The van der Waals surface area contributed by atoms with E-state index in [0.29, 0.717) is 6.10 Å². The average Bonchev–Trinajstić information content (AvgIpc) is 2.81. The Balaban J connectivity index is 2.15. The van der Waals surface area contributed by atoms with Crippen molar-refractivity contribution in [3.8, 4) is 5.75 Å². The lowest BCUT2D eigenvalue weighted by molar-refractivity contribution is 0.303. The molecule has 0 spiro atoms. The van der Waals surface area contributed by atoms with Gasteiger partial charge in [-0.1, -0.05) is 11.6 Å². The van der Waals surface area contributed by atoms with Crippen molar-refractivity contribution in [1.29, 1.82) is 0 Å². The molecule has 1 aliphatic carbocycles. The zero-order chi connectivity index (χ0) is 8.55. The van der Waals surface area contributed by atoms with Crippen LogP contribution in [0.25, 0.3) is 0 Å². The van der Waals surface area contributed by atoms with Crippen LogP contribution in [0.1, 0.15) is 12.8 Å².